The lowest BCUT2D eigenvalue weighted by Crippen LogP contribution is -2.52. The Balaban J connectivity index is 5.69. The summed E-state index contributed by atoms with van der Waals surface area (Å²) in [6, 6.07) is 0. The van der Waals surface area contributed by atoms with Crippen molar-refractivity contribution in [2.45, 2.75) is 24.4 Å². The molecule has 1 N–H and O–H groups in total. The van der Waals surface area contributed by atoms with Gasteiger partial charge in [-0.15, -0.1) is 0 Å². The molecule has 142 valence electrons. The van der Waals surface area contributed by atoms with Gasteiger partial charge in [-0.2, -0.15) is 0 Å². The standard InChI is InChI=1S/C14H19BrO10/c15-14(21)13(25-8-4-19)12(24-7-3-18)11(23-6-2-17)10(20)9-22-5-1-16/h1-4,10-13,20H,5-9H2/t10-,11+,12+,13-/m1/s1/i1D,2D,3D,4D. The molecule has 4 atom stereocenters. The average molecular weight is 431 g/mol. The van der Waals surface area contributed by atoms with Gasteiger partial charge in [0.25, 0.3) is 0 Å². The molecule has 0 aromatic heterocycles. The van der Waals surface area contributed by atoms with Crippen LogP contribution >= 0.6 is 15.9 Å². The van der Waals surface area contributed by atoms with Gasteiger partial charge in [-0.25, -0.2) is 0 Å². The van der Waals surface area contributed by atoms with Crippen LogP contribution in [0.5, 0.6) is 0 Å². The zero-order valence-electron chi connectivity index (χ0n) is 16.8. The Morgan fingerprint density at radius 2 is 1.40 bits per heavy atom. The van der Waals surface area contributed by atoms with E-state index in [1.807, 2.05) is 0 Å². The van der Waals surface area contributed by atoms with Crippen LogP contribution in [0.1, 0.15) is 5.48 Å². The van der Waals surface area contributed by atoms with E-state index >= 15 is 0 Å². The van der Waals surface area contributed by atoms with E-state index < -0.39 is 87.2 Å². The number of aldehydes is 4. The lowest BCUT2D eigenvalue weighted by Gasteiger charge is -2.33. The van der Waals surface area contributed by atoms with Crippen LogP contribution in [0.15, 0.2) is 0 Å². The average Bonchev–Trinajstić information content (AvgIpc) is 2.57. The van der Waals surface area contributed by atoms with E-state index in [2.05, 4.69) is 15.9 Å². The molecule has 0 saturated carbocycles. The smallest absolute Gasteiger partial charge is 0.229 e. The Morgan fingerprint density at radius 3 is 1.88 bits per heavy atom. The molecule has 0 unspecified atom stereocenters. The highest BCUT2D eigenvalue weighted by molar-refractivity contribution is 9.18. The van der Waals surface area contributed by atoms with Crippen molar-refractivity contribution >= 4 is 45.7 Å². The summed E-state index contributed by atoms with van der Waals surface area (Å²) in [7, 11) is 0. The topological polar surface area (TPSA) is 143 Å². The lowest BCUT2D eigenvalue weighted by molar-refractivity contribution is -0.177. The molecule has 0 heterocycles. The lowest BCUT2D eigenvalue weighted by atomic mass is 10.0. The maximum absolute atomic E-state index is 11.9. The normalized spacial score (nSPS) is 17.8. The Bertz CT molecular complexity index is 605. The van der Waals surface area contributed by atoms with Crippen molar-refractivity contribution in [1.29, 1.82) is 0 Å². The minimum atomic E-state index is -1.73. The first-order valence-electron chi connectivity index (χ1n) is 8.73. The second-order valence-corrected chi connectivity index (χ2v) is 5.03. The van der Waals surface area contributed by atoms with Crippen molar-refractivity contribution in [3.8, 4) is 0 Å². The van der Waals surface area contributed by atoms with Gasteiger partial charge in [0, 0.05) is 0 Å². The molecule has 0 radical (unpaired) electrons. The van der Waals surface area contributed by atoms with Gasteiger partial charge in [0.1, 0.15) is 75.3 Å². The molecular formula is C14H19BrO10. The third-order valence-electron chi connectivity index (χ3n) is 2.67. The monoisotopic (exact) mass is 430 g/mol. The van der Waals surface area contributed by atoms with Crippen molar-refractivity contribution in [3.63, 3.8) is 0 Å². The number of carbonyl (C=O) groups is 5. The van der Waals surface area contributed by atoms with E-state index in [4.69, 9.17) is 24.4 Å². The van der Waals surface area contributed by atoms with Gasteiger partial charge >= 0.3 is 0 Å². The summed E-state index contributed by atoms with van der Waals surface area (Å²) in [5.74, 6) is 0. The minimum Gasteiger partial charge on any atom is -0.388 e. The second kappa shape index (κ2) is 14.9. The van der Waals surface area contributed by atoms with Crippen LogP contribution in [0.25, 0.3) is 0 Å². The fourth-order valence-corrected chi connectivity index (χ4v) is 2.16. The summed E-state index contributed by atoms with van der Waals surface area (Å²) in [6.07, 6.45) is -11.6. The van der Waals surface area contributed by atoms with E-state index in [1.165, 1.54) is 0 Å². The fraction of sp³-hybridized carbons (Fsp3) is 0.643. The third kappa shape index (κ3) is 9.63. The molecule has 0 aliphatic carbocycles. The van der Waals surface area contributed by atoms with Gasteiger partial charge in [0.15, 0.2) is 6.10 Å². The molecule has 0 rings (SSSR count). The van der Waals surface area contributed by atoms with Crippen LogP contribution in [-0.4, -0.2) is 92.3 Å². The van der Waals surface area contributed by atoms with Crippen LogP contribution in [0.4, 0.5) is 0 Å². The molecule has 0 aromatic carbocycles. The summed E-state index contributed by atoms with van der Waals surface area (Å²) in [6.45, 7) is -3.98. The molecule has 0 aliphatic heterocycles. The van der Waals surface area contributed by atoms with E-state index in [9.17, 15) is 29.1 Å². The molecule has 0 saturated heterocycles. The van der Waals surface area contributed by atoms with Crippen LogP contribution < -0.4 is 0 Å². The van der Waals surface area contributed by atoms with E-state index in [1.54, 1.807) is 0 Å². The predicted octanol–water partition coefficient (Wildman–Crippen LogP) is -1.76. The molecular weight excluding hydrogens is 408 g/mol. The number of hydrogen-bond donors (Lipinski definition) is 1. The molecule has 0 aliphatic rings. The minimum absolute atomic E-state index is 0.642. The first-order valence-corrected chi connectivity index (χ1v) is 7.52. The maximum atomic E-state index is 11.9. The number of halogens is 1. The Labute approximate surface area is 157 Å². The number of ether oxygens (including phenoxy) is 4. The first kappa shape index (κ1) is 17.1. The number of carbonyl (C=O) groups excluding carboxylic acids is 5. The summed E-state index contributed by atoms with van der Waals surface area (Å²) < 4.78 is 46.4. The van der Waals surface area contributed by atoms with E-state index in [0.717, 1.165) is 0 Å². The van der Waals surface area contributed by atoms with Gasteiger partial charge in [0.05, 0.1) is 6.61 Å². The third-order valence-corrected chi connectivity index (χ3v) is 3.12. The van der Waals surface area contributed by atoms with Gasteiger partial charge < -0.3 is 43.2 Å². The van der Waals surface area contributed by atoms with Crippen LogP contribution in [0.2, 0.25) is 0 Å². The molecule has 10 nitrogen and oxygen atoms in total. The van der Waals surface area contributed by atoms with Gasteiger partial charge in [-0.3, -0.25) is 4.79 Å². The molecule has 0 bridgehead atoms. The molecule has 25 heavy (non-hydrogen) atoms. The van der Waals surface area contributed by atoms with Crippen molar-refractivity contribution in [2.75, 3.05) is 33.0 Å². The maximum Gasteiger partial charge on any atom is 0.229 e. The Kier molecular flexibility index (Phi) is 10.2. The molecule has 0 fully saturated rings. The molecule has 11 heteroatoms. The van der Waals surface area contributed by atoms with Crippen molar-refractivity contribution in [2.24, 2.45) is 0 Å². The summed E-state index contributed by atoms with van der Waals surface area (Å²) >= 11 is 2.58. The van der Waals surface area contributed by atoms with Crippen molar-refractivity contribution in [3.05, 3.63) is 0 Å². The van der Waals surface area contributed by atoms with Crippen LogP contribution in [-0.2, 0) is 42.9 Å². The zero-order valence-corrected chi connectivity index (χ0v) is 14.4. The van der Waals surface area contributed by atoms with Crippen LogP contribution in [0.3, 0.4) is 0 Å². The van der Waals surface area contributed by atoms with E-state index in [0.29, 0.717) is 0 Å². The van der Waals surface area contributed by atoms with Gasteiger partial charge in [-0.1, -0.05) is 0 Å². The highest BCUT2D eigenvalue weighted by atomic mass is 79.9. The van der Waals surface area contributed by atoms with Crippen molar-refractivity contribution < 1.29 is 53.5 Å². The quantitative estimate of drug-likeness (QED) is 0.208. The molecule has 0 aromatic rings. The van der Waals surface area contributed by atoms with Gasteiger partial charge in [-0.05, 0) is 15.9 Å². The number of hydrogen-bond acceptors (Lipinski definition) is 10. The predicted molar refractivity (Wildman–Crippen MR) is 84.2 cm³/mol. The fourth-order valence-electron chi connectivity index (χ4n) is 1.77. The summed E-state index contributed by atoms with van der Waals surface area (Å²) in [5.41, 5.74) is 0. The SMILES string of the molecule is [2H]C(=O)COC[C@@H](O)[C@H](OCC([2H])=O)[C@H](OCC([2H])=O)[C@@H](OCC([2H])=O)C(=O)Br. The number of rotatable bonds is 17. The second-order valence-electron chi connectivity index (χ2n) is 4.25. The Hall–Kier alpha value is -1.37. The highest BCUT2D eigenvalue weighted by Gasteiger charge is 2.39. The highest BCUT2D eigenvalue weighted by Crippen LogP contribution is 2.19. The molecule has 0 amide bonds. The van der Waals surface area contributed by atoms with Crippen molar-refractivity contribution in [1.82, 2.24) is 0 Å². The number of aliphatic hydroxyl groups is 1. The Morgan fingerprint density at radius 1 is 0.920 bits per heavy atom. The van der Waals surface area contributed by atoms with Gasteiger partial charge in [0.2, 0.25) is 4.69 Å². The van der Waals surface area contributed by atoms with Crippen LogP contribution in [0, 0.1) is 0 Å². The summed E-state index contributed by atoms with van der Waals surface area (Å²) in [5, 5.41) is 10.3. The largest absolute Gasteiger partial charge is 0.388 e. The summed E-state index contributed by atoms with van der Waals surface area (Å²) in [4.78, 5) is 55.3. The first-order chi connectivity index (χ1) is 13.5. The number of aliphatic hydroxyl groups excluding tert-OH is 1. The zero-order chi connectivity index (χ0) is 22.6. The molecule has 0 spiro atoms. The van der Waals surface area contributed by atoms with E-state index in [-0.39, 0.29) is 0 Å².